The molecule has 0 radical (unpaired) electrons. The number of rotatable bonds is 17. The fourth-order valence-corrected chi connectivity index (χ4v) is 3.93. The first-order chi connectivity index (χ1) is 19.4. The highest BCUT2D eigenvalue weighted by Crippen LogP contribution is 2.19. The summed E-state index contributed by atoms with van der Waals surface area (Å²) in [4.78, 5) is 68.7. The predicted molar refractivity (Wildman–Crippen MR) is 147 cm³/mol. The Kier molecular flexibility index (Phi) is 12.5. The van der Waals surface area contributed by atoms with Gasteiger partial charge in [0.2, 0.25) is 17.7 Å². The van der Waals surface area contributed by atoms with Crippen LogP contribution in [0.4, 0.5) is 0 Å². The number of hydrogen-bond acceptors (Lipinski definition) is 8. The molecule has 4 atom stereocenters. The number of carboxylic acid groups (broad SMARTS) is 2. The molecule has 16 heteroatoms. The minimum absolute atomic E-state index is 0.0120. The van der Waals surface area contributed by atoms with E-state index in [0.29, 0.717) is 5.56 Å². The number of aliphatic hydroxyl groups excluding tert-OH is 1. The van der Waals surface area contributed by atoms with Crippen LogP contribution < -0.4 is 33.2 Å². The molecule has 0 fully saturated rings. The van der Waals surface area contributed by atoms with E-state index in [0.717, 1.165) is 10.9 Å². The average Bonchev–Trinajstić information content (AvgIpc) is 3.33. The monoisotopic (exact) mass is 576 g/mol. The number of aliphatic imine (C=N–C) groups is 1. The molecule has 1 heterocycles. The second-order valence-electron chi connectivity index (χ2n) is 9.26. The van der Waals surface area contributed by atoms with Crippen LogP contribution in [0.15, 0.2) is 35.5 Å². The maximum Gasteiger partial charge on any atom is 0.326 e. The fourth-order valence-electron chi connectivity index (χ4n) is 3.93. The number of aromatic nitrogens is 1. The van der Waals surface area contributed by atoms with Crippen LogP contribution in [0, 0.1) is 0 Å². The topological polar surface area (TPSA) is 288 Å². The van der Waals surface area contributed by atoms with Crippen LogP contribution in [0.5, 0.6) is 0 Å². The molecule has 1 aromatic carbocycles. The smallest absolute Gasteiger partial charge is 0.326 e. The lowest BCUT2D eigenvalue weighted by atomic mass is 10.0. The second-order valence-corrected chi connectivity index (χ2v) is 9.26. The molecule has 224 valence electrons. The molecule has 13 N–H and O–H groups in total. The quantitative estimate of drug-likeness (QED) is 0.0533. The Hall–Kier alpha value is -4.70. The van der Waals surface area contributed by atoms with Gasteiger partial charge in [0.25, 0.3) is 0 Å². The van der Waals surface area contributed by atoms with E-state index >= 15 is 0 Å². The normalized spacial score (nSPS) is 13.8. The first-order valence-corrected chi connectivity index (χ1v) is 12.8. The van der Waals surface area contributed by atoms with E-state index in [2.05, 4.69) is 25.9 Å². The SMILES string of the molecule is NC(N)=NCCCC(NC(=O)C(Cc1c[nH]c2ccccc12)NC(=O)C(CCC(=O)O)NC(=O)C(N)CO)C(=O)O. The number of fused-ring (bicyclic) bond motifs is 1. The Balaban J connectivity index is 2.31. The van der Waals surface area contributed by atoms with Gasteiger partial charge in [0, 0.05) is 36.5 Å². The number of aromatic amines is 1. The Morgan fingerprint density at radius 3 is 2.17 bits per heavy atom. The third-order valence-corrected chi connectivity index (χ3v) is 6.11. The molecule has 41 heavy (non-hydrogen) atoms. The lowest BCUT2D eigenvalue weighted by Gasteiger charge is -2.25. The number of guanidine groups is 1. The number of H-pyrrole nitrogens is 1. The van der Waals surface area contributed by atoms with Crippen molar-refractivity contribution in [3.63, 3.8) is 0 Å². The van der Waals surface area contributed by atoms with Gasteiger partial charge in [-0.3, -0.25) is 24.2 Å². The maximum absolute atomic E-state index is 13.4. The Morgan fingerprint density at radius 1 is 0.902 bits per heavy atom. The summed E-state index contributed by atoms with van der Waals surface area (Å²) in [6.07, 6.45) is 0.964. The molecule has 0 saturated carbocycles. The van der Waals surface area contributed by atoms with Gasteiger partial charge in [-0.2, -0.15) is 0 Å². The molecule has 1 aromatic heterocycles. The summed E-state index contributed by atoms with van der Waals surface area (Å²) in [6.45, 7) is -0.580. The number of para-hydroxylation sites is 1. The van der Waals surface area contributed by atoms with Crippen molar-refractivity contribution in [2.45, 2.75) is 56.3 Å². The van der Waals surface area contributed by atoms with Crippen molar-refractivity contribution < 1.29 is 39.3 Å². The van der Waals surface area contributed by atoms with Crippen LogP contribution in [0.25, 0.3) is 10.9 Å². The third kappa shape index (κ3) is 10.4. The van der Waals surface area contributed by atoms with Crippen molar-refractivity contribution >= 4 is 46.5 Å². The van der Waals surface area contributed by atoms with Crippen molar-refractivity contribution in [1.29, 1.82) is 0 Å². The van der Waals surface area contributed by atoms with Gasteiger partial charge in [0.15, 0.2) is 5.96 Å². The number of amides is 3. The van der Waals surface area contributed by atoms with Crippen molar-refractivity contribution in [3.8, 4) is 0 Å². The Morgan fingerprint density at radius 2 is 1.54 bits per heavy atom. The molecular weight excluding hydrogens is 540 g/mol. The number of aliphatic carboxylic acids is 2. The standard InChI is InChI=1S/C25H36N8O8/c26-15(12-34)21(37)31-17(7-8-20(35)36)22(38)33-19(10-13-11-30-16-5-2-1-4-14(13)16)23(39)32-18(24(40)41)6-3-9-29-25(27)28/h1-2,4-5,11,15,17-19,30,34H,3,6-10,12,26H2,(H,31,37)(H,32,39)(H,33,38)(H,35,36)(H,40,41)(H4,27,28,29). The number of nitrogens with two attached hydrogens (primary N) is 3. The van der Waals surface area contributed by atoms with E-state index in [9.17, 15) is 29.1 Å². The summed E-state index contributed by atoms with van der Waals surface area (Å²) >= 11 is 0. The van der Waals surface area contributed by atoms with E-state index in [1.54, 1.807) is 24.4 Å². The van der Waals surface area contributed by atoms with Crippen molar-refractivity contribution in [1.82, 2.24) is 20.9 Å². The summed E-state index contributed by atoms with van der Waals surface area (Å²) in [6, 6.07) is 1.77. The van der Waals surface area contributed by atoms with Crippen LogP contribution >= 0.6 is 0 Å². The molecule has 0 bridgehead atoms. The molecule has 16 nitrogen and oxygen atoms in total. The first-order valence-electron chi connectivity index (χ1n) is 12.8. The number of nitrogens with zero attached hydrogens (tertiary/aromatic N) is 1. The summed E-state index contributed by atoms with van der Waals surface area (Å²) < 4.78 is 0. The molecule has 0 aliphatic carbocycles. The Labute approximate surface area is 234 Å². The zero-order valence-electron chi connectivity index (χ0n) is 22.2. The highest BCUT2D eigenvalue weighted by atomic mass is 16.4. The van der Waals surface area contributed by atoms with Crippen LogP contribution in [0.3, 0.4) is 0 Å². The van der Waals surface area contributed by atoms with E-state index < -0.39 is 66.9 Å². The van der Waals surface area contributed by atoms with Crippen molar-refractivity contribution in [3.05, 3.63) is 36.0 Å². The predicted octanol–water partition coefficient (Wildman–Crippen LogP) is -2.51. The summed E-state index contributed by atoms with van der Waals surface area (Å²) in [5.74, 6) is -5.33. The van der Waals surface area contributed by atoms with Crippen molar-refractivity contribution in [2.24, 2.45) is 22.2 Å². The highest BCUT2D eigenvalue weighted by Gasteiger charge is 2.31. The molecular formula is C25H36N8O8. The number of nitrogens with one attached hydrogen (secondary N) is 4. The second kappa shape index (κ2) is 15.8. The molecule has 0 saturated heterocycles. The minimum Gasteiger partial charge on any atom is -0.481 e. The van der Waals surface area contributed by atoms with Gasteiger partial charge < -0.3 is 53.5 Å². The van der Waals surface area contributed by atoms with Gasteiger partial charge >= 0.3 is 11.9 Å². The van der Waals surface area contributed by atoms with E-state index in [4.69, 9.17) is 27.4 Å². The lowest BCUT2D eigenvalue weighted by Crippen LogP contribution is -2.58. The molecule has 4 unspecified atom stereocenters. The van der Waals surface area contributed by atoms with Crippen LogP contribution in [-0.2, 0) is 30.4 Å². The van der Waals surface area contributed by atoms with Gasteiger partial charge in [-0.05, 0) is 30.9 Å². The zero-order chi connectivity index (χ0) is 30.5. The summed E-state index contributed by atoms with van der Waals surface area (Å²) in [7, 11) is 0. The van der Waals surface area contributed by atoms with Gasteiger partial charge in [-0.1, -0.05) is 18.2 Å². The van der Waals surface area contributed by atoms with Gasteiger partial charge in [-0.25, -0.2) is 4.79 Å². The zero-order valence-corrected chi connectivity index (χ0v) is 22.2. The summed E-state index contributed by atoms with van der Waals surface area (Å²) in [5, 5.41) is 35.9. The van der Waals surface area contributed by atoms with Crippen LogP contribution in [-0.4, -0.2) is 93.2 Å². The third-order valence-electron chi connectivity index (χ3n) is 6.11. The molecule has 0 spiro atoms. The molecule has 2 aromatic rings. The molecule has 2 rings (SSSR count). The van der Waals surface area contributed by atoms with Gasteiger partial charge in [-0.15, -0.1) is 0 Å². The highest BCUT2D eigenvalue weighted by molar-refractivity contribution is 5.95. The van der Waals surface area contributed by atoms with E-state index in [1.807, 2.05) is 6.07 Å². The molecule has 0 aliphatic rings. The number of benzene rings is 1. The number of hydrogen-bond donors (Lipinski definition) is 10. The molecule has 0 aliphatic heterocycles. The van der Waals surface area contributed by atoms with E-state index in [-0.39, 0.29) is 38.2 Å². The number of carbonyl (C=O) groups excluding carboxylic acids is 3. The van der Waals surface area contributed by atoms with Crippen LogP contribution in [0.1, 0.15) is 31.2 Å². The Bertz CT molecular complexity index is 1260. The van der Waals surface area contributed by atoms with E-state index in [1.165, 1.54) is 0 Å². The van der Waals surface area contributed by atoms with Gasteiger partial charge in [0.1, 0.15) is 24.2 Å². The molecule has 3 amide bonds. The van der Waals surface area contributed by atoms with Crippen molar-refractivity contribution in [2.75, 3.05) is 13.2 Å². The first kappa shape index (κ1) is 32.5. The largest absolute Gasteiger partial charge is 0.481 e. The fraction of sp³-hybridized carbons (Fsp3) is 0.440. The van der Waals surface area contributed by atoms with Crippen LogP contribution in [0.2, 0.25) is 0 Å². The van der Waals surface area contributed by atoms with Gasteiger partial charge in [0.05, 0.1) is 6.61 Å². The number of carbonyl (C=O) groups is 5. The lowest BCUT2D eigenvalue weighted by molar-refractivity contribution is -0.142. The summed E-state index contributed by atoms with van der Waals surface area (Å²) in [5.41, 5.74) is 17.5. The minimum atomic E-state index is -1.41. The number of aliphatic hydroxyl groups is 1. The average molecular weight is 577 g/mol. The number of carboxylic acids is 2. The maximum atomic E-state index is 13.4.